The summed E-state index contributed by atoms with van der Waals surface area (Å²) in [5, 5.41) is 6.24. The molecule has 112 valence electrons. The number of hydrogen-bond acceptors (Lipinski definition) is 4. The molecule has 0 fully saturated rings. The third kappa shape index (κ3) is 2.35. The molecule has 2 aromatic carbocycles. The van der Waals surface area contributed by atoms with Crippen molar-refractivity contribution in [3.05, 3.63) is 48.0 Å². The van der Waals surface area contributed by atoms with E-state index < -0.39 is 0 Å². The van der Waals surface area contributed by atoms with E-state index in [9.17, 15) is 4.79 Å². The highest BCUT2D eigenvalue weighted by Crippen LogP contribution is 2.34. The average Bonchev–Trinajstić information content (AvgIpc) is 3.02. The second-order valence-electron chi connectivity index (χ2n) is 5.45. The number of ether oxygens (including phenoxy) is 2. The minimum atomic E-state index is -0.222. The van der Waals surface area contributed by atoms with Gasteiger partial charge in [0.15, 0.2) is 11.5 Å². The zero-order valence-electron chi connectivity index (χ0n) is 12.0. The molecule has 1 amide bonds. The summed E-state index contributed by atoms with van der Waals surface area (Å²) in [6.45, 7) is 0.230. The number of amides is 1. The van der Waals surface area contributed by atoms with Gasteiger partial charge in [-0.25, -0.2) is 0 Å². The zero-order valence-corrected chi connectivity index (χ0v) is 12.0. The Kier molecular flexibility index (Phi) is 3.11. The standard InChI is InChI=1S/C17H16N2O3/c20-17(14-7-5-11-3-1-2-4-13(11)19-14)18-12-6-8-15-16(9-12)22-10-21-15/h1-4,6,8-9,14,19H,5,7,10H2,(H,18,20). The van der Waals surface area contributed by atoms with Crippen LogP contribution in [0.3, 0.4) is 0 Å². The molecule has 1 unspecified atom stereocenters. The van der Waals surface area contributed by atoms with Crippen LogP contribution in [-0.2, 0) is 11.2 Å². The number of fused-ring (bicyclic) bond motifs is 2. The number of rotatable bonds is 2. The molecule has 0 aromatic heterocycles. The maximum absolute atomic E-state index is 12.4. The number of aryl methyl sites for hydroxylation is 1. The van der Waals surface area contributed by atoms with Crippen LogP contribution in [0.2, 0.25) is 0 Å². The van der Waals surface area contributed by atoms with Crippen LogP contribution in [-0.4, -0.2) is 18.7 Å². The van der Waals surface area contributed by atoms with Crippen LogP contribution in [0, 0.1) is 0 Å². The highest BCUT2D eigenvalue weighted by atomic mass is 16.7. The van der Waals surface area contributed by atoms with Crippen molar-refractivity contribution in [1.29, 1.82) is 0 Å². The Balaban J connectivity index is 1.47. The summed E-state index contributed by atoms with van der Waals surface area (Å²) in [6, 6.07) is 13.3. The molecule has 2 aliphatic rings. The number of carbonyl (C=O) groups excluding carboxylic acids is 1. The van der Waals surface area contributed by atoms with Gasteiger partial charge >= 0.3 is 0 Å². The van der Waals surface area contributed by atoms with Gasteiger partial charge in [0.2, 0.25) is 12.7 Å². The van der Waals surface area contributed by atoms with E-state index in [2.05, 4.69) is 16.7 Å². The molecule has 2 heterocycles. The SMILES string of the molecule is O=C(Nc1ccc2c(c1)OCO2)C1CCc2ccccc2N1. The highest BCUT2D eigenvalue weighted by molar-refractivity contribution is 5.97. The lowest BCUT2D eigenvalue weighted by atomic mass is 9.97. The van der Waals surface area contributed by atoms with Crippen LogP contribution in [0.5, 0.6) is 11.5 Å². The lowest BCUT2D eigenvalue weighted by molar-refractivity contribution is -0.117. The average molecular weight is 296 g/mol. The van der Waals surface area contributed by atoms with Crippen LogP contribution in [0.4, 0.5) is 11.4 Å². The Morgan fingerprint density at radius 3 is 2.95 bits per heavy atom. The summed E-state index contributed by atoms with van der Waals surface area (Å²) in [6.07, 6.45) is 1.69. The smallest absolute Gasteiger partial charge is 0.246 e. The van der Waals surface area contributed by atoms with Crippen LogP contribution in [0.25, 0.3) is 0 Å². The molecule has 0 radical (unpaired) electrons. The van der Waals surface area contributed by atoms with E-state index in [1.165, 1.54) is 5.56 Å². The highest BCUT2D eigenvalue weighted by Gasteiger charge is 2.24. The van der Waals surface area contributed by atoms with E-state index in [-0.39, 0.29) is 18.7 Å². The summed E-state index contributed by atoms with van der Waals surface area (Å²) in [5.41, 5.74) is 3.02. The molecule has 1 atom stereocenters. The molecule has 22 heavy (non-hydrogen) atoms. The first-order chi connectivity index (χ1) is 10.8. The number of hydrogen-bond donors (Lipinski definition) is 2. The molecule has 0 saturated heterocycles. The van der Waals surface area contributed by atoms with Crippen molar-refractivity contribution in [3.8, 4) is 11.5 Å². The maximum atomic E-state index is 12.4. The van der Waals surface area contributed by atoms with Crippen LogP contribution >= 0.6 is 0 Å². The van der Waals surface area contributed by atoms with Crippen molar-refractivity contribution in [1.82, 2.24) is 0 Å². The minimum absolute atomic E-state index is 0.0339. The van der Waals surface area contributed by atoms with Crippen molar-refractivity contribution in [3.63, 3.8) is 0 Å². The zero-order chi connectivity index (χ0) is 14.9. The minimum Gasteiger partial charge on any atom is -0.454 e. The summed E-state index contributed by atoms with van der Waals surface area (Å²) in [4.78, 5) is 12.4. The summed E-state index contributed by atoms with van der Waals surface area (Å²) in [7, 11) is 0. The van der Waals surface area contributed by atoms with Gasteiger partial charge in [-0.3, -0.25) is 4.79 Å². The molecule has 5 nitrogen and oxygen atoms in total. The fourth-order valence-corrected chi connectivity index (χ4v) is 2.84. The fraction of sp³-hybridized carbons (Fsp3) is 0.235. The predicted molar refractivity (Wildman–Crippen MR) is 83.4 cm³/mol. The van der Waals surface area contributed by atoms with Gasteiger partial charge in [0.25, 0.3) is 0 Å². The van der Waals surface area contributed by atoms with Gasteiger partial charge in [-0.05, 0) is 36.6 Å². The second kappa shape index (κ2) is 5.26. The third-order valence-corrected chi connectivity index (χ3v) is 4.01. The molecule has 0 spiro atoms. The Morgan fingerprint density at radius 2 is 2.00 bits per heavy atom. The van der Waals surface area contributed by atoms with E-state index in [4.69, 9.17) is 9.47 Å². The predicted octanol–water partition coefficient (Wildman–Crippen LogP) is 2.78. The van der Waals surface area contributed by atoms with Gasteiger partial charge in [0.1, 0.15) is 6.04 Å². The lowest BCUT2D eigenvalue weighted by Crippen LogP contribution is -2.37. The number of nitrogens with one attached hydrogen (secondary N) is 2. The van der Waals surface area contributed by atoms with Gasteiger partial charge in [-0.15, -0.1) is 0 Å². The maximum Gasteiger partial charge on any atom is 0.246 e. The Hall–Kier alpha value is -2.69. The molecule has 0 bridgehead atoms. The number of anilines is 2. The van der Waals surface area contributed by atoms with Gasteiger partial charge in [0.05, 0.1) is 0 Å². The molecule has 2 N–H and O–H groups in total. The number of para-hydroxylation sites is 1. The monoisotopic (exact) mass is 296 g/mol. The van der Waals surface area contributed by atoms with Gasteiger partial charge in [0, 0.05) is 17.4 Å². The Morgan fingerprint density at radius 1 is 1.14 bits per heavy atom. The summed E-state index contributed by atoms with van der Waals surface area (Å²) >= 11 is 0. The molecular formula is C17H16N2O3. The van der Waals surface area contributed by atoms with E-state index in [1.54, 1.807) is 6.07 Å². The molecule has 0 aliphatic carbocycles. The van der Waals surface area contributed by atoms with Crippen molar-refractivity contribution >= 4 is 17.3 Å². The Bertz CT molecular complexity index is 730. The first kappa shape index (κ1) is 13.0. The van der Waals surface area contributed by atoms with E-state index in [1.807, 2.05) is 30.3 Å². The first-order valence-corrected chi connectivity index (χ1v) is 7.34. The van der Waals surface area contributed by atoms with Crippen molar-refractivity contribution in [2.45, 2.75) is 18.9 Å². The van der Waals surface area contributed by atoms with E-state index in [0.717, 1.165) is 24.2 Å². The van der Waals surface area contributed by atoms with Gasteiger partial charge in [-0.2, -0.15) is 0 Å². The lowest BCUT2D eigenvalue weighted by Gasteiger charge is -2.26. The van der Waals surface area contributed by atoms with E-state index >= 15 is 0 Å². The molecule has 4 rings (SSSR count). The van der Waals surface area contributed by atoms with Crippen LogP contribution < -0.4 is 20.1 Å². The van der Waals surface area contributed by atoms with Crippen molar-refractivity contribution < 1.29 is 14.3 Å². The molecule has 0 saturated carbocycles. The van der Waals surface area contributed by atoms with E-state index in [0.29, 0.717) is 11.5 Å². The summed E-state index contributed by atoms with van der Waals surface area (Å²) in [5.74, 6) is 1.34. The topological polar surface area (TPSA) is 59.6 Å². The molecule has 5 heteroatoms. The molecular weight excluding hydrogens is 280 g/mol. The number of carbonyl (C=O) groups is 1. The van der Waals surface area contributed by atoms with Crippen molar-refractivity contribution in [2.75, 3.05) is 17.4 Å². The molecule has 2 aliphatic heterocycles. The largest absolute Gasteiger partial charge is 0.454 e. The third-order valence-electron chi connectivity index (χ3n) is 4.01. The van der Waals surface area contributed by atoms with Gasteiger partial charge in [-0.1, -0.05) is 18.2 Å². The number of benzene rings is 2. The molecule has 2 aromatic rings. The second-order valence-corrected chi connectivity index (χ2v) is 5.45. The van der Waals surface area contributed by atoms with Crippen LogP contribution in [0.1, 0.15) is 12.0 Å². The normalized spacial score (nSPS) is 18.3. The van der Waals surface area contributed by atoms with Gasteiger partial charge < -0.3 is 20.1 Å². The summed E-state index contributed by atoms with van der Waals surface area (Å²) < 4.78 is 10.6. The van der Waals surface area contributed by atoms with Crippen LogP contribution in [0.15, 0.2) is 42.5 Å². The first-order valence-electron chi connectivity index (χ1n) is 7.34. The Labute approximate surface area is 128 Å². The fourth-order valence-electron chi connectivity index (χ4n) is 2.84. The quantitative estimate of drug-likeness (QED) is 0.894. The van der Waals surface area contributed by atoms with Crippen molar-refractivity contribution in [2.24, 2.45) is 0 Å².